The molecular weight excluding hydrogens is 342 g/mol. The molecule has 0 N–H and O–H groups in total. The second-order valence-corrected chi connectivity index (χ2v) is 7.11. The zero-order chi connectivity index (χ0) is 16.8. The van der Waals surface area contributed by atoms with Gasteiger partial charge in [-0.15, -0.1) is 29.3 Å². The molecule has 0 spiro atoms. The lowest BCUT2D eigenvalue weighted by atomic mass is 10.2. The molecule has 124 valence electrons. The third-order valence-corrected chi connectivity index (χ3v) is 5.12. The van der Waals surface area contributed by atoms with Crippen LogP contribution in [-0.4, -0.2) is 27.5 Å². The maximum Gasteiger partial charge on any atom is 0.227 e. The Bertz CT molecular complexity index is 779. The zero-order valence-corrected chi connectivity index (χ0v) is 14.7. The monoisotopic (exact) mass is 359 g/mol. The first-order valence-corrected chi connectivity index (χ1v) is 9.29. The zero-order valence-electron chi connectivity index (χ0n) is 13.1. The van der Waals surface area contributed by atoms with Crippen LogP contribution in [0.3, 0.4) is 0 Å². The van der Waals surface area contributed by atoms with Crippen molar-refractivity contribution in [1.29, 1.82) is 0 Å². The summed E-state index contributed by atoms with van der Waals surface area (Å²) in [4.78, 5) is 20.7. The Hall–Kier alpha value is -2.25. The lowest BCUT2D eigenvalue weighted by molar-refractivity contribution is -0.131. The maximum absolute atomic E-state index is 12.5. The highest BCUT2D eigenvalue weighted by Gasteiger charge is 2.16. The number of rotatable bonds is 8. The number of carbonyl (C=O) groups is 1. The van der Waals surface area contributed by atoms with E-state index >= 15 is 0 Å². The van der Waals surface area contributed by atoms with Crippen molar-refractivity contribution < 1.29 is 9.32 Å². The first kappa shape index (κ1) is 16.6. The van der Waals surface area contributed by atoms with Gasteiger partial charge < -0.3 is 9.42 Å². The summed E-state index contributed by atoms with van der Waals surface area (Å²) in [5.74, 6) is 1.12. The molecule has 3 aromatic rings. The number of thiophene rings is 2. The molecule has 0 saturated carbocycles. The molecule has 0 aliphatic heterocycles. The van der Waals surface area contributed by atoms with E-state index in [2.05, 4.69) is 16.7 Å². The molecule has 0 unspecified atom stereocenters. The first-order chi connectivity index (χ1) is 11.8. The van der Waals surface area contributed by atoms with Gasteiger partial charge in [-0.3, -0.25) is 4.79 Å². The van der Waals surface area contributed by atoms with Gasteiger partial charge in [-0.2, -0.15) is 4.98 Å². The van der Waals surface area contributed by atoms with Gasteiger partial charge in [-0.25, -0.2) is 0 Å². The lowest BCUT2D eigenvalue weighted by Gasteiger charge is -2.20. The Morgan fingerprint density at radius 1 is 1.29 bits per heavy atom. The Morgan fingerprint density at radius 3 is 2.83 bits per heavy atom. The first-order valence-electron chi connectivity index (χ1n) is 7.54. The Morgan fingerprint density at radius 2 is 2.12 bits per heavy atom. The van der Waals surface area contributed by atoms with Crippen molar-refractivity contribution in [3.05, 3.63) is 58.4 Å². The fourth-order valence-electron chi connectivity index (χ4n) is 2.24. The molecule has 0 saturated heterocycles. The summed E-state index contributed by atoms with van der Waals surface area (Å²) in [5.41, 5.74) is 0. The molecular formula is C17H17N3O2S2. The van der Waals surface area contributed by atoms with Gasteiger partial charge in [-0.1, -0.05) is 23.4 Å². The molecule has 0 fully saturated rings. The third kappa shape index (κ3) is 4.18. The van der Waals surface area contributed by atoms with Gasteiger partial charge in [0.05, 0.1) is 11.4 Å². The second kappa shape index (κ2) is 8.03. The summed E-state index contributed by atoms with van der Waals surface area (Å²) in [6.07, 6.45) is 2.52. The Labute approximate surface area is 148 Å². The molecule has 0 atom stereocenters. The smallest absolute Gasteiger partial charge is 0.227 e. The van der Waals surface area contributed by atoms with Crippen molar-refractivity contribution >= 4 is 28.6 Å². The van der Waals surface area contributed by atoms with Gasteiger partial charge in [-0.05, 0) is 22.9 Å². The van der Waals surface area contributed by atoms with E-state index in [-0.39, 0.29) is 5.91 Å². The summed E-state index contributed by atoms with van der Waals surface area (Å²) in [7, 11) is 0. The van der Waals surface area contributed by atoms with Crippen LogP contribution >= 0.6 is 22.7 Å². The van der Waals surface area contributed by atoms with E-state index in [1.807, 2.05) is 35.0 Å². The van der Waals surface area contributed by atoms with Gasteiger partial charge >= 0.3 is 0 Å². The lowest BCUT2D eigenvalue weighted by Crippen LogP contribution is -2.30. The van der Waals surface area contributed by atoms with Crippen LogP contribution in [0.5, 0.6) is 0 Å². The minimum absolute atomic E-state index is 0.0548. The average Bonchev–Trinajstić information content (AvgIpc) is 3.32. The van der Waals surface area contributed by atoms with Gasteiger partial charge in [0, 0.05) is 24.3 Å². The van der Waals surface area contributed by atoms with Crippen molar-refractivity contribution in [2.45, 2.75) is 19.4 Å². The van der Waals surface area contributed by atoms with E-state index in [1.54, 1.807) is 33.6 Å². The van der Waals surface area contributed by atoms with Crippen molar-refractivity contribution in [2.24, 2.45) is 0 Å². The average molecular weight is 359 g/mol. The van der Waals surface area contributed by atoms with Gasteiger partial charge in [0.2, 0.25) is 17.6 Å². The predicted octanol–water partition coefficient (Wildman–Crippen LogP) is 4.01. The van der Waals surface area contributed by atoms with Crippen LogP contribution in [-0.2, 0) is 17.8 Å². The fraction of sp³-hybridized carbons (Fsp3) is 0.235. The molecule has 0 aliphatic rings. The summed E-state index contributed by atoms with van der Waals surface area (Å²) >= 11 is 3.20. The summed E-state index contributed by atoms with van der Waals surface area (Å²) < 4.78 is 5.24. The van der Waals surface area contributed by atoms with Crippen molar-refractivity contribution in [1.82, 2.24) is 15.0 Å². The molecule has 3 heterocycles. The molecule has 24 heavy (non-hydrogen) atoms. The Balaban J connectivity index is 1.58. The molecule has 3 rings (SSSR count). The van der Waals surface area contributed by atoms with E-state index in [0.29, 0.717) is 37.6 Å². The van der Waals surface area contributed by atoms with Crippen molar-refractivity contribution in [2.75, 3.05) is 6.54 Å². The molecule has 0 radical (unpaired) electrons. The van der Waals surface area contributed by atoms with Crippen LogP contribution in [0.1, 0.15) is 17.2 Å². The minimum Gasteiger partial charge on any atom is -0.339 e. The van der Waals surface area contributed by atoms with Crippen LogP contribution in [0.25, 0.3) is 10.7 Å². The number of aromatic nitrogens is 2. The number of nitrogens with zero attached hydrogens (tertiary/aromatic N) is 3. The normalized spacial score (nSPS) is 10.7. The quantitative estimate of drug-likeness (QED) is 0.570. The molecule has 3 aromatic heterocycles. The molecule has 0 bridgehead atoms. The van der Waals surface area contributed by atoms with E-state index in [1.165, 1.54) is 0 Å². The minimum atomic E-state index is 0.0548. The number of carbonyl (C=O) groups excluding carboxylic acids is 1. The summed E-state index contributed by atoms with van der Waals surface area (Å²) in [6.45, 7) is 4.86. The SMILES string of the molecule is C=CCN(Cc1cccs1)C(=O)CCc1nc(-c2cccs2)no1. The highest BCUT2D eigenvalue weighted by atomic mass is 32.1. The maximum atomic E-state index is 12.5. The van der Waals surface area contributed by atoms with Crippen LogP contribution in [0.15, 0.2) is 52.2 Å². The van der Waals surface area contributed by atoms with E-state index < -0.39 is 0 Å². The molecule has 7 heteroatoms. The van der Waals surface area contributed by atoms with Crippen LogP contribution < -0.4 is 0 Å². The number of aryl methyl sites for hydroxylation is 1. The standard InChI is InChI=1S/C17H17N3O2S2/c1-2-9-20(12-13-5-3-10-23-13)16(21)8-7-15-18-17(19-22-15)14-6-4-11-24-14/h2-6,10-11H,1,7-9,12H2. The second-order valence-electron chi connectivity index (χ2n) is 5.13. The molecule has 0 aromatic carbocycles. The highest BCUT2D eigenvalue weighted by Crippen LogP contribution is 2.21. The number of hydrogen-bond donors (Lipinski definition) is 0. The largest absolute Gasteiger partial charge is 0.339 e. The molecule has 1 amide bonds. The van der Waals surface area contributed by atoms with E-state index in [0.717, 1.165) is 9.75 Å². The Kier molecular flexibility index (Phi) is 5.55. The van der Waals surface area contributed by atoms with E-state index in [4.69, 9.17) is 4.52 Å². The third-order valence-electron chi connectivity index (χ3n) is 3.39. The summed E-state index contributed by atoms with van der Waals surface area (Å²) in [6, 6.07) is 7.90. The number of amides is 1. The highest BCUT2D eigenvalue weighted by molar-refractivity contribution is 7.13. The van der Waals surface area contributed by atoms with Gasteiger partial charge in [0.15, 0.2) is 0 Å². The number of hydrogen-bond acceptors (Lipinski definition) is 6. The van der Waals surface area contributed by atoms with Gasteiger partial charge in [0.1, 0.15) is 0 Å². The fourth-order valence-corrected chi connectivity index (χ4v) is 3.60. The summed E-state index contributed by atoms with van der Waals surface area (Å²) in [5, 5.41) is 7.94. The van der Waals surface area contributed by atoms with Crippen LogP contribution in [0.2, 0.25) is 0 Å². The molecule has 0 aliphatic carbocycles. The van der Waals surface area contributed by atoms with Crippen LogP contribution in [0, 0.1) is 0 Å². The van der Waals surface area contributed by atoms with Crippen LogP contribution in [0.4, 0.5) is 0 Å². The van der Waals surface area contributed by atoms with Crippen molar-refractivity contribution in [3.63, 3.8) is 0 Å². The predicted molar refractivity (Wildman–Crippen MR) is 95.9 cm³/mol. The topological polar surface area (TPSA) is 59.2 Å². The van der Waals surface area contributed by atoms with Gasteiger partial charge in [0.25, 0.3) is 0 Å². The van der Waals surface area contributed by atoms with Crippen molar-refractivity contribution in [3.8, 4) is 10.7 Å². The molecule has 5 nitrogen and oxygen atoms in total. The van der Waals surface area contributed by atoms with E-state index in [9.17, 15) is 4.79 Å².